The number of halogens is 1. The summed E-state index contributed by atoms with van der Waals surface area (Å²) in [5.74, 6) is 0. The molecule has 0 aliphatic carbocycles. The number of hydrogen-bond acceptors (Lipinski definition) is 2. The summed E-state index contributed by atoms with van der Waals surface area (Å²) in [7, 11) is 1.79. The van der Waals surface area contributed by atoms with E-state index in [0.717, 1.165) is 16.8 Å². The van der Waals surface area contributed by atoms with Crippen LogP contribution in [0.1, 0.15) is 16.8 Å². The SMILES string of the molecule is Cc1cc(C)c(-n2c(=O)c(N)c(C)n2C)c(Cl)c1. The maximum atomic E-state index is 12.2. The van der Waals surface area contributed by atoms with Gasteiger partial charge in [0.05, 0.1) is 16.4 Å². The third kappa shape index (κ3) is 1.73. The number of rotatable bonds is 1. The van der Waals surface area contributed by atoms with Crippen molar-refractivity contribution in [2.45, 2.75) is 20.8 Å². The van der Waals surface area contributed by atoms with Crippen LogP contribution in [0.5, 0.6) is 0 Å². The van der Waals surface area contributed by atoms with Crippen LogP contribution in [-0.4, -0.2) is 9.36 Å². The molecule has 5 heteroatoms. The van der Waals surface area contributed by atoms with Gasteiger partial charge in [0.15, 0.2) is 0 Å². The maximum Gasteiger partial charge on any atom is 0.294 e. The topological polar surface area (TPSA) is 52.9 Å². The number of nitrogen functional groups attached to an aromatic ring is 1. The second-order valence-electron chi connectivity index (χ2n) is 4.55. The molecule has 0 unspecified atom stereocenters. The minimum Gasteiger partial charge on any atom is -0.393 e. The predicted octanol–water partition coefficient (Wildman–Crippen LogP) is 2.34. The van der Waals surface area contributed by atoms with Crippen LogP contribution < -0.4 is 11.3 Å². The minimum atomic E-state index is -0.233. The summed E-state index contributed by atoms with van der Waals surface area (Å²) in [6.45, 7) is 5.71. The van der Waals surface area contributed by atoms with Crippen molar-refractivity contribution in [3.63, 3.8) is 0 Å². The minimum absolute atomic E-state index is 0.233. The molecule has 1 heterocycles. The largest absolute Gasteiger partial charge is 0.393 e. The molecule has 0 radical (unpaired) electrons. The van der Waals surface area contributed by atoms with E-state index in [0.29, 0.717) is 10.7 Å². The van der Waals surface area contributed by atoms with Gasteiger partial charge < -0.3 is 5.73 Å². The van der Waals surface area contributed by atoms with E-state index in [1.165, 1.54) is 4.68 Å². The Balaban J connectivity index is 2.87. The molecule has 0 amide bonds. The zero-order valence-electron chi connectivity index (χ0n) is 10.9. The molecular weight excluding hydrogens is 250 g/mol. The van der Waals surface area contributed by atoms with E-state index >= 15 is 0 Å². The van der Waals surface area contributed by atoms with Gasteiger partial charge in [-0.3, -0.25) is 9.48 Å². The molecule has 96 valence electrons. The highest BCUT2D eigenvalue weighted by Gasteiger charge is 2.17. The lowest BCUT2D eigenvalue weighted by Gasteiger charge is -2.13. The number of aromatic nitrogens is 2. The van der Waals surface area contributed by atoms with Crippen molar-refractivity contribution >= 4 is 17.3 Å². The van der Waals surface area contributed by atoms with Gasteiger partial charge in [-0.2, -0.15) is 0 Å². The quantitative estimate of drug-likeness (QED) is 0.860. The average Bonchev–Trinajstić information content (AvgIpc) is 2.45. The standard InChI is InChI=1S/C13H16ClN3O/c1-7-5-8(2)12(10(14)6-7)17-13(18)11(15)9(3)16(17)4/h5-6H,15H2,1-4H3. The van der Waals surface area contributed by atoms with E-state index < -0.39 is 0 Å². The molecule has 0 fully saturated rings. The predicted molar refractivity (Wildman–Crippen MR) is 74.6 cm³/mol. The Kier molecular flexibility index (Phi) is 2.99. The molecule has 4 nitrogen and oxygen atoms in total. The van der Waals surface area contributed by atoms with Crippen LogP contribution in [0.25, 0.3) is 5.69 Å². The van der Waals surface area contributed by atoms with Crippen LogP contribution in [0.2, 0.25) is 5.02 Å². The Morgan fingerprint density at radius 1 is 1.22 bits per heavy atom. The zero-order valence-corrected chi connectivity index (χ0v) is 11.7. The highest BCUT2D eigenvalue weighted by Crippen LogP contribution is 2.25. The van der Waals surface area contributed by atoms with Gasteiger partial charge in [-0.15, -0.1) is 0 Å². The lowest BCUT2D eigenvalue weighted by Crippen LogP contribution is -2.22. The van der Waals surface area contributed by atoms with E-state index in [1.54, 1.807) is 11.7 Å². The number of aryl methyl sites for hydroxylation is 2. The molecule has 0 atom stereocenters. The number of nitrogens with two attached hydrogens (primary N) is 1. The van der Waals surface area contributed by atoms with Crippen molar-refractivity contribution in [1.29, 1.82) is 0 Å². The Bertz CT molecular complexity index is 659. The zero-order chi connectivity index (χ0) is 13.6. The van der Waals surface area contributed by atoms with Gasteiger partial charge in [-0.1, -0.05) is 17.7 Å². The van der Waals surface area contributed by atoms with Crippen molar-refractivity contribution in [1.82, 2.24) is 9.36 Å². The molecule has 2 N–H and O–H groups in total. The van der Waals surface area contributed by atoms with Gasteiger partial charge in [-0.05, 0) is 38.0 Å². The number of hydrogen-bond donors (Lipinski definition) is 1. The number of anilines is 1. The molecule has 0 aliphatic heterocycles. The summed E-state index contributed by atoms with van der Waals surface area (Å²) in [5, 5.41) is 0.551. The molecule has 2 rings (SSSR count). The molecule has 0 aliphatic rings. The first-order chi connectivity index (χ1) is 8.34. The fourth-order valence-electron chi connectivity index (χ4n) is 2.16. The number of benzene rings is 1. The first-order valence-corrected chi connectivity index (χ1v) is 6.03. The van der Waals surface area contributed by atoms with Crippen molar-refractivity contribution < 1.29 is 0 Å². The molecule has 2 aromatic rings. The van der Waals surface area contributed by atoms with E-state index in [4.69, 9.17) is 17.3 Å². The fraction of sp³-hybridized carbons (Fsp3) is 0.308. The van der Waals surface area contributed by atoms with Crippen LogP contribution in [0.4, 0.5) is 5.69 Å². The smallest absolute Gasteiger partial charge is 0.294 e. The van der Waals surface area contributed by atoms with Crippen LogP contribution in [0.3, 0.4) is 0 Å². The van der Waals surface area contributed by atoms with Crippen LogP contribution >= 0.6 is 11.6 Å². The van der Waals surface area contributed by atoms with Crippen LogP contribution in [0.15, 0.2) is 16.9 Å². The normalized spacial score (nSPS) is 10.9. The summed E-state index contributed by atoms with van der Waals surface area (Å²) in [4.78, 5) is 12.2. The molecule has 1 aromatic heterocycles. The lowest BCUT2D eigenvalue weighted by atomic mass is 10.1. The van der Waals surface area contributed by atoms with E-state index in [-0.39, 0.29) is 11.2 Å². The van der Waals surface area contributed by atoms with Gasteiger partial charge in [0.25, 0.3) is 5.56 Å². The molecular formula is C13H16ClN3O. The fourth-order valence-corrected chi connectivity index (χ4v) is 2.56. The third-order valence-electron chi connectivity index (χ3n) is 3.21. The van der Waals surface area contributed by atoms with E-state index in [9.17, 15) is 4.79 Å². The Labute approximate surface area is 111 Å². The van der Waals surface area contributed by atoms with Crippen molar-refractivity contribution in [2.75, 3.05) is 5.73 Å². The summed E-state index contributed by atoms with van der Waals surface area (Å²) in [6.07, 6.45) is 0. The van der Waals surface area contributed by atoms with Crippen LogP contribution in [-0.2, 0) is 7.05 Å². The van der Waals surface area contributed by atoms with Crippen molar-refractivity contribution in [2.24, 2.45) is 7.05 Å². The third-order valence-corrected chi connectivity index (χ3v) is 3.50. The van der Waals surface area contributed by atoms with Crippen molar-refractivity contribution in [3.8, 4) is 5.69 Å². The van der Waals surface area contributed by atoms with Gasteiger partial charge in [0.2, 0.25) is 0 Å². The molecule has 18 heavy (non-hydrogen) atoms. The highest BCUT2D eigenvalue weighted by atomic mass is 35.5. The molecule has 0 saturated carbocycles. The first-order valence-electron chi connectivity index (χ1n) is 5.65. The molecule has 0 bridgehead atoms. The second-order valence-corrected chi connectivity index (χ2v) is 4.96. The monoisotopic (exact) mass is 265 g/mol. The van der Waals surface area contributed by atoms with E-state index in [1.807, 2.05) is 32.9 Å². The molecule has 0 saturated heterocycles. The summed E-state index contributed by atoms with van der Waals surface area (Å²) >= 11 is 6.26. The first kappa shape index (κ1) is 12.8. The average molecular weight is 266 g/mol. The van der Waals surface area contributed by atoms with Crippen LogP contribution in [0, 0.1) is 20.8 Å². The van der Waals surface area contributed by atoms with Gasteiger partial charge in [0.1, 0.15) is 5.69 Å². The van der Waals surface area contributed by atoms with Crippen molar-refractivity contribution in [3.05, 3.63) is 44.3 Å². The van der Waals surface area contributed by atoms with Gasteiger partial charge in [0, 0.05) is 7.05 Å². The second kappa shape index (κ2) is 4.21. The summed E-state index contributed by atoms with van der Waals surface area (Å²) in [5.41, 5.74) is 9.23. The molecule has 1 aromatic carbocycles. The number of nitrogens with zero attached hydrogens (tertiary/aromatic N) is 2. The Morgan fingerprint density at radius 3 is 2.28 bits per heavy atom. The Hall–Kier alpha value is -1.68. The van der Waals surface area contributed by atoms with Gasteiger partial charge in [-0.25, -0.2) is 4.68 Å². The summed E-state index contributed by atoms with van der Waals surface area (Å²) in [6, 6.07) is 3.83. The lowest BCUT2D eigenvalue weighted by molar-refractivity contribution is 0.627. The maximum absolute atomic E-state index is 12.2. The Morgan fingerprint density at radius 2 is 1.83 bits per heavy atom. The van der Waals surface area contributed by atoms with Gasteiger partial charge >= 0.3 is 0 Å². The van der Waals surface area contributed by atoms with E-state index in [2.05, 4.69) is 0 Å². The highest BCUT2D eigenvalue weighted by molar-refractivity contribution is 6.32. The molecule has 0 spiro atoms. The summed E-state index contributed by atoms with van der Waals surface area (Å²) < 4.78 is 3.24.